The summed E-state index contributed by atoms with van der Waals surface area (Å²) in [7, 11) is 1.64. The number of nitrogens with one attached hydrogen (secondary N) is 1. The summed E-state index contributed by atoms with van der Waals surface area (Å²) in [6.07, 6.45) is 1.72. The lowest BCUT2D eigenvalue weighted by Crippen LogP contribution is -2.43. The molecule has 25 heavy (non-hydrogen) atoms. The van der Waals surface area contributed by atoms with Crippen molar-refractivity contribution < 1.29 is 14.3 Å². The SMILES string of the molecule is COc1ccc(OC2CCN(C(=O)Nc3cccc(Cl)c3)CC2)cc1. The van der Waals surface area contributed by atoms with Crippen molar-refractivity contribution in [3.05, 3.63) is 53.6 Å². The number of carbonyl (C=O) groups excluding carboxylic acids is 1. The standard InChI is InChI=1S/C19H21ClN2O3/c1-24-16-5-7-17(8-6-16)25-18-9-11-22(12-10-18)19(23)21-15-4-2-3-14(20)13-15/h2-8,13,18H,9-12H2,1H3,(H,21,23). The number of methoxy groups -OCH3 is 1. The predicted octanol–water partition coefficient (Wildman–Crippen LogP) is 4.42. The molecule has 0 radical (unpaired) electrons. The minimum absolute atomic E-state index is 0.106. The monoisotopic (exact) mass is 360 g/mol. The van der Waals surface area contributed by atoms with Crippen LogP contribution in [0.3, 0.4) is 0 Å². The van der Waals surface area contributed by atoms with Gasteiger partial charge in [-0.25, -0.2) is 4.79 Å². The number of nitrogens with zero attached hydrogens (tertiary/aromatic N) is 1. The highest BCUT2D eigenvalue weighted by molar-refractivity contribution is 6.30. The van der Waals surface area contributed by atoms with E-state index in [-0.39, 0.29) is 12.1 Å². The highest BCUT2D eigenvalue weighted by Gasteiger charge is 2.24. The van der Waals surface area contributed by atoms with Crippen LogP contribution in [0.1, 0.15) is 12.8 Å². The van der Waals surface area contributed by atoms with Gasteiger partial charge in [-0.15, -0.1) is 0 Å². The zero-order chi connectivity index (χ0) is 17.6. The minimum atomic E-state index is -0.106. The molecular formula is C19H21ClN2O3. The van der Waals surface area contributed by atoms with Crippen LogP contribution < -0.4 is 14.8 Å². The number of piperidine rings is 1. The summed E-state index contributed by atoms with van der Waals surface area (Å²) in [6, 6.07) is 14.6. The molecule has 6 heteroatoms. The summed E-state index contributed by atoms with van der Waals surface area (Å²) >= 11 is 5.94. The summed E-state index contributed by atoms with van der Waals surface area (Å²) in [4.78, 5) is 14.1. The Labute approximate surface area is 152 Å². The Morgan fingerprint density at radius 2 is 1.80 bits per heavy atom. The van der Waals surface area contributed by atoms with Crippen LogP contribution in [-0.4, -0.2) is 37.2 Å². The molecule has 0 atom stereocenters. The first-order valence-corrected chi connectivity index (χ1v) is 8.64. The number of hydrogen-bond donors (Lipinski definition) is 1. The van der Waals surface area contributed by atoms with Crippen LogP contribution in [0.15, 0.2) is 48.5 Å². The van der Waals surface area contributed by atoms with E-state index in [1.807, 2.05) is 36.4 Å². The Morgan fingerprint density at radius 1 is 1.12 bits per heavy atom. The van der Waals surface area contributed by atoms with Gasteiger partial charge in [0.1, 0.15) is 17.6 Å². The largest absolute Gasteiger partial charge is 0.497 e. The molecule has 132 valence electrons. The number of halogens is 1. The summed E-state index contributed by atoms with van der Waals surface area (Å²) in [5.74, 6) is 1.63. The van der Waals surface area contributed by atoms with E-state index in [1.54, 1.807) is 24.1 Å². The second kappa shape index (κ2) is 8.12. The first-order valence-electron chi connectivity index (χ1n) is 8.26. The molecule has 1 N–H and O–H groups in total. The van der Waals surface area contributed by atoms with Gasteiger partial charge in [-0.05, 0) is 42.5 Å². The number of ether oxygens (including phenoxy) is 2. The van der Waals surface area contributed by atoms with Gasteiger partial charge < -0.3 is 19.7 Å². The molecule has 5 nitrogen and oxygen atoms in total. The van der Waals surface area contributed by atoms with Crippen molar-refractivity contribution in [1.29, 1.82) is 0 Å². The molecule has 1 aliphatic heterocycles. The Balaban J connectivity index is 1.48. The maximum Gasteiger partial charge on any atom is 0.321 e. The molecule has 0 aromatic heterocycles. The van der Waals surface area contributed by atoms with Crippen molar-refractivity contribution in [1.82, 2.24) is 4.90 Å². The van der Waals surface area contributed by atoms with Crippen LogP contribution in [0.25, 0.3) is 0 Å². The molecule has 0 bridgehead atoms. The molecule has 1 fully saturated rings. The zero-order valence-electron chi connectivity index (χ0n) is 14.1. The smallest absolute Gasteiger partial charge is 0.321 e. The van der Waals surface area contributed by atoms with E-state index in [2.05, 4.69) is 5.32 Å². The summed E-state index contributed by atoms with van der Waals surface area (Å²) in [5.41, 5.74) is 0.703. The Hall–Kier alpha value is -2.40. The third-order valence-electron chi connectivity index (χ3n) is 4.17. The number of hydrogen-bond acceptors (Lipinski definition) is 3. The van der Waals surface area contributed by atoms with E-state index in [4.69, 9.17) is 21.1 Å². The highest BCUT2D eigenvalue weighted by Crippen LogP contribution is 2.22. The van der Waals surface area contributed by atoms with Crippen molar-refractivity contribution in [2.75, 3.05) is 25.5 Å². The first-order chi connectivity index (χ1) is 12.1. The van der Waals surface area contributed by atoms with E-state index in [0.717, 1.165) is 24.3 Å². The Kier molecular flexibility index (Phi) is 5.66. The van der Waals surface area contributed by atoms with Crippen LogP contribution >= 0.6 is 11.6 Å². The fraction of sp³-hybridized carbons (Fsp3) is 0.316. The van der Waals surface area contributed by atoms with Gasteiger partial charge >= 0.3 is 6.03 Å². The first kappa shape index (κ1) is 17.4. The van der Waals surface area contributed by atoms with E-state index < -0.39 is 0 Å². The lowest BCUT2D eigenvalue weighted by molar-refractivity contribution is 0.115. The fourth-order valence-corrected chi connectivity index (χ4v) is 2.98. The topological polar surface area (TPSA) is 50.8 Å². The average Bonchev–Trinajstić information content (AvgIpc) is 2.63. The molecule has 0 aliphatic carbocycles. The van der Waals surface area contributed by atoms with E-state index >= 15 is 0 Å². The van der Waals surface area contributed by atoms with Gasteiger partial charge in [0.25, 0.3) is 0 Å². The van der Waals surface area contributed by atoms with Crippen LogP contribution in [0.4, 0.5) is 10.5 Å². The number of anilines is 1. The van der Waals surface area contributed by atoms with Crippen molar-refractivity contribution >= 4 is 23.3 Å². The predicted molar refractivity (Wildman–Crippen MR) is 98.7 cm³/mol. The van der Waals surface area contributed by atoms with Crippen LogP contribution in [0.2, 0.25) is 5.02 Å². The van der Waals surface area contributed by atoms with Gasteiger partial charge in [0.2, 0.25) is 0 Å². The maximum atomic E-state index is 12.3. The van der Waals surface area contributed by atoms with E-state index in [1.165, 1.54) is 0 Å². The third kappa shape index (κ3) is 4.79. The second-order valence-corrected chi connectivity index (χ2v) is 6.36. The fourth-order valence-electron chi connectivity index (χ4n) is 2.79. The average molecular weight is 361 g/mol. The van der Waals surface area contributed by atoms with Crippen LogP contribution in [0.5, 0.6) is 11.5 Å². The summed E-state index contributed by atoms with van der Waals surface area (Å²) in [6.45, 7) is 1.32. The second-order valence-electron chi connectivity index (χ2n) is 5.92. The number of likely N-dealkylation sites (tertiary alicyclic amines) is 1. The molecule has 2 aromatic carbocycles. The molecule has 2 aromatic rings. The van der Waals surface area contributed by atoms with Crippen molar-refractivity contribution in [2.45, 2.75) is 18.9 Å². The van der Waals surface area contributed by atoms with Gasteiger partial charge in [0, 0.05) is 36.6 Å². The maximum absolute atomic E-state index is 12.3. The van der Waals surface area contributed by atoms with Crippen LogP contribution in [-0.2, 0) is 0 Å². The summed E-state index contributed by atoms with van der Waals surface area (Å²) < 4.78 is 11.1. The number of carbonyl (C=O) groups is 1. The molecule has 3 rings (SSSR count). The Morgan fingerprint density at radius 3 is 2.44 bits per heavy atom. The lowest BCUT2D eigenvalue weighted by Gasteiger charge is -2.32. The molecular weight excluding hydrogens is 340 g/mol. The van der Waals surface area contributed by atoms with Gasteiger partial charge in [-0.2, -0.15) is 0 Å². The van der Waals surface area contributed by atoms with Gasteiger partial charge in [-0.3, -0.25) is 0 Å². The molecule has 0 saturated carbocycles. The van der Waals surface area contributed by atoms with Crippen LogP contribution in [0, 0.1) is 0 Å². The molecule has 1 saturated heterocycles. The molecule has 1 heterocycles. The van der Waals surface area contributed by atoms with E-state index in [9.17, 15) is 4.79 Å². The quantitative estimate of drug-likeness (QED) is 0.877. The lowest BCUT2D eigenvalue weighted by atomic mass is 10.1. The zero-order valence-corrected chi connectivity index (χ0v) is 14.8. The number of rotatable bonds is 4. The molecule has 2 amide bonds. The van der Waals surface area contributed by atoms with Crippen molar-refractivity contribution in [3.8, 4) is 11.5 Å². The van der Waals surface area contributed by atoms with Crippen molar-refractivity contribution in [3.63, 3.8) is 0 Å². The molecule has 1 aliphatic rings. The summed E-state index contributed by atoms with van der Waals surface area (Å²) in [5, 5.41) is 3.48. The Bertz CT molecular complexity index is 713. The normalized spacial score (nSPS) is 14.9. The number of amides is 2. The minimum Gasteiger partial charge on any atom is -0.497 e. The van der Waals surface area contributed by atoms with Gasteiger partial charge in [0.15, 0.2) is 0 Å². The highest BCUT2D eigenvalue weighted by atomic mass is 35.5. The number of benzene rings is 2. The van der Waals surface area contributed by atoms with Gasteiger partial charge in [0.05, 0.1) is 7.11 Å². The van der Waals surface area contributed by atoms with Crippen molar-refractivity contribution in [2.24, 2.45) is 0 Å². The third-order valence-corrected chi connectivity index (χ3v) is 4.40. The van der Waals surface area contributed by atoms with Gasteiger partial charge in [-0.1, -0.05) is 17.7 Å². The number of urea groups is 1. The molecule has 0 unspecified atom stereocenters. The van der Waals surface area contributed by atoms with E-state index in [0.29, 0.717) is 23.8 Å². The molecule has 0 spiro atoms.